The summed E-state index contributed by atoms with van der Waals surface area (Å²) in [6, 6.07) is 9.06. The van der Waals surface area contributed by atoms with E-state index < -0.39 is 0 Å². The maximum Gasteiger partial charge on any atom is 0.101 e. The van der Waals surface area contributed by atoms with Crippen LogP contribution >= 0.6 is 0 Å². The van der Waals surface area contributed by atoms with Gasteiger partial charge in [-0.3, -0.25) is 0 Å². The van der Waals surface area contributed by atoms with Gasteiger partial charge in [0.1, 0.15) is 13.1 Å². The van der Waals surface area contributed by atoms with Gasteiger partial charge in [-0.15, -0.1) is 0 Å². The van der Waals surface area contributed by atoms with Gasteiger partial charge in [-0.05, 0) is 6.07 Å². The number of fused-ring (bicyclic) bond motifs is 2. The van der Waals surface area contributed by atoms with Gasteiger partial charge in [0.25, 0.3) is 0 Å². The number of nitrogens with two attached hydrogens (primary N) is 3. The first-order chi connectivity index (χ1) is 8.45. The van der Waals surface area contributed by atoms with Crippen LogP contribution in [-0.2, 0) is 13.1 Å². The maximum absolute atomic E-state index is 2.46. The minimum Gasteiger partial charge on any atom is -1.00 e. The molecule has 0 amide bonds. The third kappa shape index (κ3) is 9.01. The highest BCUT2D eigenvalue weighted by Gasteiger charge is 2.02. The Morgan fingerprint density at radius 2 is 1.10 bits per heavy atom. The van der Waals surface area contributed by atoms with Crippen LogP contribution in [0.5, 0.6) is 0 Å². The zero-order valence-electron chi connectivity index (χ0n) is 11.8. The normalized spacial score (nSPS) is 16.6. The van der Waals surface area contributed by atoms with Crippen molar-refractivity contribution in [1.29, 1.82) is 0 Å². The molecule has 1 aliphatic rings. The van der Waals surface area contributed by atoms with E-state index in [1.807, 2.05) is 0 Å². The summed E-state index contributed by atoms with van der Waals surface area (Å²) in [7, 11) is 0. The maximum atomic E-state index is 2.46. The van der Waals surface area contributed by atoms with Crippen LogP contribution < -0.4 is 53.2 Å². The van der Waals surface area contributed by atoms with E-state index in [0.717, 1.165) is 13.1 Å². The Morgan fingerprint density at radius 1 is 0.650 bits per heavy atom. The highest BCUT2D eigenvalue weighted by molar-refractivity contribution is 5.21. The lowest BCUT2D eigenvalue weighted by molar-refractivity contribution is -0.699. The molecule has 0 atom stereocenters. The van der Waals surface area contributed by atoms with E-state index in [0.29, 0.717) is 0 Å². The zero-order valence-corrected chi connectivity index (χ0v) is 14.1. The molecule has 1 aromatic rings. The van der Waals surface area contributed by atoms with Crippen LogP contribution in [0.15, 0.2) is 24.3 Å². The van der Waals surface area contributed by atoms with Crippen molar-refractivity contribution in [1.82, 2.24) is 0 Å². The summed E-state index contributed by atoms with van der Waals surface area (Å²) >= 11 is 0. The Kier molecular flexibility index (Phi) is 15.5. The number of halogens is 3. The quantitative estimate of drug-likeness (QED) is 0.419. The first-order valence-electron chi connectivity index (χ1n) is 6.98. The fraction of sp³-hybridized carbons (Fsp3) is 0.571. The van der Waals surface area contributed by atoms with Gasteiger partial charge in [0, 0.05) is 24.0 Å². The Bertz CT molecular complexity index is 310. The van der Waals surface area contributed by atoms with Gasteiger partial charge in [-0.1, -0.05) is 18.2 Å². The fourth-order valence-corrected chi connectivity index (χ4v) is 2.38. The Hall–Kier alpha value is -0.0300. The molecule has 0 fully saturated rings. The average Bonchev–Trinajstić information content (AvgIpc) is 2.36. The second kappa shape index (κ2) is 13.9. The summed E-state index contributed by atoms with van der Waals surface area (Å²) in [5, 5.41) is 7.33. The molecule has 2 rings (SSSR count). The van der Waals surface area contributed by atoms with E-state index >= 15 is 0 Å². The van der Waals surface area contributed by atoms with E-state index in [1.165, 1.54) is 50.1 Å². The molecule has 6 N–H and O–H groups in total. The van der Waals surface area contributed by atoms with Gasteiger partial charge < -0.3 is 53.2 Å². The molecular formula is C14H26Cl3N3. The van der Waals surface area contributed by atoms with Crippen molar-refractivity contribution in [3.8, 4) is 0 Å². The van der Waals surface area contributed by atoms with Crippen molar-refractivity contribution in [2.75, 3.05) is 26.2 Å². The van der Waals surface area contributed by atoms with E-state index in [9.17, 15) is 0 Å². The minimum atomic E-state index is 0. The van der Waals surface area contributed by atoms with Gasteiger partial charge in [0.15, 0.2) is 0 Å². The second-order valence-corrected chi connectivity index (χ2v) is 4.96. The molecule has 3 nitrogen and oxygen atoms in total. The lowest BCUT2D eigenvalue weighted by Gasteiger charge is -2.07. The topological polar surface area (TPSA) is 49.8 Å². The van der Waals surface area contributed by atoms with E-state index in [-0.39, 0.29) is 37.2 Å². The summed E-state index contributed by atoms with van der Waals surface area (Å²) in [5.41, 5.74) is 2.94. The number of hydrogen-bond donors (Lipinski definition) is 3. The third-order valence-corrected chi connectivity index (χ3v) is 3.38. The molecular weight excluding hydrogens is 317 g/mol. The lowest BCUT2D eigenvalue weighted by Crippen LogP contribution is -3.00. The molecule has 0 unspecified atom stereocenters. The molecule has 0 radical (unpaired) electrons. The molecule has 0 saturated heterocycles. The van der Waals surface area contributed by atoms with Gasteiger partial charge in [-0.25, -0.2) is 0 Å². The molecule has 1 heterocycles. The molecule has 1 aromatic carbocycles. The Balaban J connectivity index is 0. The van der Waals surface area contributed by atoms with Crippen molar-refractivity contribution in [2.45, 2.75) is 25.9 Å². The molecule has 118 valence electrons. The summed E-state index contributed by atoms with van der Waals surface area (Å²) in [4.78, 5) is 0. The molecule has 0 spiro atoms. The zero-order chi connectivity index (χ0) is 11.8. The molecule has 0 saturated carbocycles. The predicted octanol–water partition coefficient (Wildman–Crippen LogP) is -10.8. The minimum absolute atomic E-state index is 0. The van der Waals surface area contributed by atoms with Crippen LogP contribution in [0.2, 0.25) is 0 Å². The van der Waals surface area contributed by atoms with E-state index in [1.54, 1.807) is 0 Å². The standard InChI is InChI=1S/C14H23N3.3ClH/c1-4-13-10-14(5-1)12-17-9-3-7-15-6-2-8-16-11-13;;;/h1,4-5,10,15-17H,2-3,6-9,11-12H2;3*1H. The van der Waals surface area contributed by atoms with Gasteiger partial charge in [0.05, 0.1) is 26.2 Å². The molecule has 1 aliphatic heterocycles. The Morgan fingerprint density at radius 3 is 1.60 bits per heavy atom. The van der Waals surface area contributed by atoms with Gasteiger partial charge in [0.2, 0.25) is 0 Å². The first-order valence-corrected chi connectivity index (χ1v) is 6.98. The highest BCUT2D eigenvalue weighted by Crippen LogP contribution is 2.02. The van der Waals surface area contributed by atoms with Gasteiger partial charge >= 0.3 is 0 Å². The number of benzene rings is 1. The summed E-state index contributed by atoms with van der Waals surface area (Å²) < 4.78 is 0. The summed E-state index contributed by atoms with van der Waals surface area (Å²) in [6.45, 7) is 7.36. The monoisotopic (exact) mass is 341 g/mol. The smallest absolute Gasteiger partial charge is 0.101 e. The van der Waals surface area contributed by atoms with Crippen molar-refractivity contribution in [3.05, 3.63) is 35.4 Å². The van der Waals surface area contributed by atoms with Crippen molar-refractivity contribution >= 4 is 0 Å². The molecule has 0 aliphatic carbocycles. The fourth-order valence-electron chi connectivity index (χ4n) is 2.38. The number of rotatable bonds is 0. The third-order valence-electron chi connectivity index (χ3n) is 3.38. The van der Waals surface area contributed by atoms with Crippen molar-refractivity contribution in [3.63, 3.8) is 0 Å². The average molecular weight is 343 g/mol. The highest BCUT2D eigenvalue weighted by atomic mass is 35.5. The van der Waals surface area contributed by atoms with Crippen molar-refractivity contribution in [2.24, 2.45) is 0 Å². The van der Waals surface area contributed by atoms with E-state index in [4.69, 9.17) is 0 Å². The largest absolute Gasteiger partial charge is 1.00 e. The van der Waals surface area contributed by atoms with Crippen LogP contribution in [0.4, 0.5) is 0 Å². The Labute approximate surface area is 140 Å². The van der Waals surface area contributed by atoms with E-state index in [2.05, 4.69) is 40.2 Å². The van der Waals surface area contributed by atoms with Crippen LogP contribution in [0, 0.1) is 0 Å². The second-order valence-electron chi connectivity index (χ2n) is 4.96. The first kappa shape index (κ1) is 22.3. The molecule has 20 heavy (non-hydrogen) atoms. The van der Waals surface area contributed by atoms with Gasteiger partial charge in [-0.2, -0.15) is 0 Å². The van der Waals surface area contributed by atoms with Crippen LogP contribution in [0.3, 0.4) is 0 Å². The molecule has 6 heteroatoms. The lowest BCUT2D eigenvalue weighted by atomic mass is 10.1. The molecule has 0 aromatic heterocycles. The van der Waals surface area contributed by atoms with Crippen LogP contribution in [0.1, 0.15) is 24.0 Å². The molecule has 2 bridgehead atoms. The summed E-state index contributed by atoms with van der Waals surface area (Å²) in [5.74, 6) is 0. The number of hydrogen-bond acceptors (Lipinski definition) is 0. The van der Waals surface area contributed by atoms with Crippen LogP contribution in [0.25, 0.3) is 0 Å². The predicted molar refractivity (Wildman–Crippen MR) is 68.3 cm³/mol. The van der Waals surface area contributed by atoms with Crippen LogP contribution in [-0.4, -0.2) is 26.2 Å². The SMILES string of the molecule is [Cl-].[Cl-].[Cl-].c1cc2cc(c1)C[NH2+]CCC[NH2+]CCC[NH2+]C2. The van der Waals surface area contributed by atoms with Crippen molar-refractivity contribution < 1.29 is 53.2 Å². The number of quaternary nitrogens is 3. The summed E-state index contributed by atoms with van der Waals surface area (Å²) in [6.07, 6.45) is 2.65.